The number of nitrogens with zero attached hydrogens (tertiary/aromatic N) is 2. The van der Waals surface area contributed by atoms with Gasteiger partial charge in [-0.15, -0.1) is 0 Å². The lowest BCUT2D eigenvalue weighted by Gasteiger charge is -2.42. The Morgan fingerprint density at radius 1 is 1.04 bits per heavy atom. The second kappa shape index (κ2) is 8.57. The number of rotatable bonds is 3. The zero-order valence-electron chi connectivity index (χ0n) is 16.1. The summed E-state index contributed by atoms with van der Waals surface area (Å²) in [5.41, 5.74) is 0.659. The molecule has 0 radical (unpaired) electrons. The van der Waals surface area contributed by atoms with Gasteiger partial charge < -0.3 is 19.9 Å². The molecule has 1 atom stereocenters. The van der Waals surface area contributed by atoms with Crippen molar-refractivity contribution in [1.82, 2.24) is 15.1 Å². The highest BCUT2D eigenvalue weighted by molar-refractivity contribution is 5.90. The van der Waals surface area contributed by atoms with Crippen LogP contribution in [0.15, 0.2) is 24.3 Å². The number of halogens is 1. The van der Waals surface area contributed by atoms with Gasteiger partial charge in [-0.25, -0.2) is 4.39 Å². The van der Waals surface area contributed by atoms with Crippen LogP contribution >= 0.6 is 0 Å². The van der Waals surface area contributed by atoms with Crippen LogP contribution in [0.25, 0.3) is 0 Å². The van der Waals surface area contributed by atoms with Crippen LogP contribution in [0.5, 0.6) is 0 Å². The Morgan fingerprint density at radius 2 is 1.71 bits per heavy atom. The number of ether oxygens (including phenoxy) is 1. The van der Waals surface area contributed by atoms with Crippen LogP contribution < -0.4 is 5.32 Å². The van der Waals surface area contributed by atoms with Crippen LogP contribution in [0, 0.1) is 11.7 Å². The monoisotopic (exact) mass is 389 g/mol. The molecule has 3 aliphatic heterocycles. The zero-order valence-corrected chi connectivity index (χ0v) is 16.1. The molecule has 3 heterocycles. The second-order valence-corrected chi connectivity index (χ2v) is 7.93. The molecule has 0 aromatic heterocycles. The van der Waals surface area contributed by atoms with E-state index in [1.54, 1.807) is 17.0 Å². The number of nitrogens with one attached hydrogen (secondary N) is 1. The van der Waals surface area contributed by atoms with Crippen molar-refractivity contribution in [2.45, 2.75) is 37.8 Å². The van der Waals surface area contributed by atoms with Gasteiger partial charge in [0.05, 0.1) is 0 Å². The summed E-state index contributed by atoms with van der Waals surface area (Å²) in [4.78, 5) is 30.0. The maximum Gasteiger partial charge on any atom is 0.247 e. The molecule has 0 bridgehead atoms. The standard InChI is InChI=1S/C21H28FN3O3/c22-17-3-1-15(2-4-17)19-20(26)23-9-12-25(19)21(27)16-5-10-24(11-6-16)18-7-13-28-14-8-18/h1-4,16,18-19H,5-14H2,(H,23,26)/t19-/m1/s1. The lowest BCUT2D eigenvalue weighted by molar-refractivity contribution is -0.148. The Kier molecular flexibility index (Phi) is 5.92. The molecule has 6 nitrogen and oxygen atoms in total. The lowest BCUT2D eigenvalue weighted by atomic mass is 9.91. The van der Waals surface area contributed by atoms with Gasteiger partial charge in [0.25, 0.3) is 0 Å². The van der Waals surface area contributed by atoms with Gasteiger partial charge in [-0.2, -0.15) is 0 Å². The van der Waals surface area contributed by atoms with E-state index in [2.05, 4.69) is 10.2 Å². The van der Waals surface area contributed by atoms with Gasteiger partial charge in [0.1, 0.15) is 11.9 Å². The van der Waals surface area contributed by atoms with E-state index < -0.39 is 6.04 Å². The molecule has 28 heavy (non-hydrogen) atoms. The van der Waals surface area contributed by atoms with Gasteiger partial charge in [0, 0.05) is 38.3 Å². The second-order valence-electron chi connectivity index (χ2n) is 7.93. The summed E-state index contributed by atoms with van der Waals surface area (Å²) in [5.74, 6) is -0.537. The minimum absolute atomic E-state index is 0.0510. The van der Waals surface area contributed by atoms with Crippen molar-refractivity contribution >= 4 is 11.8 Å². The van der Waals surface area contributed by atoms with Crippen LogP contribution in [0.4, 0.5) is 4.39 Å². The maximum atomic E-state index is 13.3. The molecule has 2 amide bonds. The van der Waals surface area contributed by atoms with E-state index in [1.165, 1.54) is 12.1 Å². The van der Waals surface area contributed by atoms with E-state index in [-0.39, 0.29) is 23.5 Å². The number of piperazine rings is 1. The van der Waals surface area contributed by atoms with Gasteiger partial charge in [-0.05, 0) is 56.5 Å². The van der Waals surface area contributed by atoms with E-state index >= 15 is 0 Å². The summed E-state index contributed by atoms with van der Waals surface area (Å²) in [5, 5.41) is 2.84. The van der Waals surface area contributed by atoms with E-state index in [4.69, 9.17) is 4.74 Å². The van der Waals surface area contributed by atoms with Gasteiger partial charge in [0.15, 0.2) is 0 Å². The van der Waals surface area contributed by atoms with Crippen molar-refractivity contribution < 1.29 is 18.7 Å². The molecule has 1 N–H and O–H groups in total. The molecule has 0 saturated carbocycles. The maximum absolute atomic E-state index is 13.3. The first-order valence-electron chi connectivity index (χ1n) is 10.3. The molecule has 3 fully saturated rings. The molecular weight excluding hydrogens is 361 g/mol. The first-order chi connectivity index (χ1) is 13.6. The van der Waals surface area contributed by atoms with Crippen molar-refractivity contribution in [1.29, 1.82) is 0 Å². The third kappa shape index (κ3) is 4.05. The Bertz CT molecular complexity index is 697. The highest BCUT2D eigenvalue weighted by atomic mass is 19.1. The Balaban J connectivity index is 1.42. The Labute approximate surface area is 165 Å². The Hall–Kier alpha value is -1.99. The fraction of sp³-hybridized carbons (Fsp3) is 0.619. The van der Waals surface area contributed by atoms with E-state index in [9.17, 15) is 14.0 Å². The number of carbonyl (C=O) groups excluding carboxylic acids is 2. The molecular formula is C21H28FN3O3. The van der Waals surface area contributed by atoms with E-state index in [0.29, 0.717) is 24.7 Å². The molecule has 7 heteroatoms. The number of likely N-dealkylation sites (tertiary alicyclic amines) is 1. The fourth-order valence-corrected chi connectivity index (χ4v) is 4.68. The highest BCUT2D eigenvalue weighted by Gasteiger charge is 2.38. The van der Waals surface area contributed by atoms with E-state index in [0.717, 1.165) is 52.0 Å². The van der Waals surface area contributed by atoms with Gasteiger partial charge >= 0.3 is 0 Å². The predicted molar refractivity (Wildman–Crippen MR) is 102 cm³/mol. The van der Waals surface area contributed by atoms with Crippen LogP contribution in [0.3, 0.4) is 0 Å². The summed E-state index contributed by atoms with van der Waals surface area (Å²) in [7, 11) is 0. The van der Waals surface area contributed by atoms with Crippen molar-refractivity contribution in [2.24, 2.45) is 5.92 Å². The van der Waals surface area contributed by atoms with Crippen molar-refractivity contribution in [2.75, 3.05) is 39.4 Å². The first kappa shape index (κ1) is 19.3. The fourth-order valence-electron chi connectivity index (χ4n) is 4.68. The van der Waals surface area contributed by atoms with Crippen molar-refractivity contribution in [3.05, 3.63) is 35.6 Å². The number of piperidine rings is 1. The van der Waals surface area contributed by atoms with Gasteiger partial charge in [0.2, 0.25) is 11.8 Å². The smallest absolute Gasteiger partial charge is 0.247 e. The number of benzene rings is 1. The summed E-state index contributed by atoms with van der Waals surface area (Å²) in [6, 6.07) is 5.77. The largest absolute Gasteiger partial charge is 0.381 e. The summed E-state index contributed by atoms with van der Waals surface area (Å²) >= 11 is 0. The molecule has 0 aliphatic carbocycles. The van der Waals surface area contributed by atoms with Crippen LogP contribution in [-0.4, -0.2) is 67.0 Å². The van der Waals surface area contributed by atoms with Gasteiger partial charge in [-0.1, -0.05) is 12.1 Å². The molecule has 3 aliphatic rings. The molecule has 152 valence electrons. The molecule has 4 rings (SSSR count). The average molecular weight is 389 g/mol. The van der Waals surface area contributed by atoms with Crippen LogP contribution in [0.1, 0.15) is 37.3 Å². The zero-order chi connectivity index (χ0) is 19.5. The third-order valence-electron chi connectivity index (χ3n) is 6.27. The van der Waals surface area contributed by atoms with Crippen LogP contribution in [0.2, 0.25) is 0 Å². The van der Waals surface area contributed by atoms with Crippen molar-refractivity contribution in [3.63, 3.8) is 0 Å². The SMILES string of the molecule is O=C1NCCN(C(=O)C2CCN(C3CCOCC3)CC2)[C@@H]1c1ccc(F)cc1. The van der Waals surface area contributed by atoms with E-state index in [1.807, 2.05) is 0 Å². The number of hydrogen-bond donors (Lipinski definition) is 1. The third-order valence-corrected chi connectivity index (χ3v) is 6.27. The molecule has 0 spiro atoms. The number of carbonyl (C=O) groups is 2. The molecule has 1 aromatic carbocycles. The summed E-state index contributed by atoms with van der Waals surface area (Å²) < 4.78 is 18.7. The van der Waals surface area contributed by atoms with Gasteiger partial charge in [-0.3, -0.25) is 9.59 Å². The normalized spacial score (nSPS) is 25.5. The summed E-state index contributed by atoms with van der Waals surface area (Å²) in [6.45, 7) is 4.44. The highest BCUT2D eigenvalue weighted by Crippen LogP contribution is 2.29. The molecule has 1 aromatic rings. The summed E-state index contributed by atoms with van der Waals surface area (Å²) in [6.07, 6.45) is 3.78. The van der Waals surface area contributed by atoms with Crippen LogP contribution in [-0.2, 0) is 14.3 Å². The Morgan fingerprint density at radius 3 is 2.39 bits per heavy atom. The molecule has 0 unspecified atom stereocenters. The molecule has 3 saturated heterocycles. The quantitative estimate of drug-likeness (QED) is 0.855. The van der Waals surface area contributed by atoms with Crippen molar-refractivity contribution in [3.8, 4) is 0 Å². The minimum Gasteiger partial charge on any atom is -0.381 e. The predicted octanol–water partition coefficient (Wildman–Crippen LogP) is 1.72. The number of hydrogen-bond acceptors (Lipinski definition) is 4. The number of amides is 2. The topological polar surface area (TPSA) is 61.9 Å². The first-order valence-corrected chi connectivity index (χ1v) is 10.3. The lowest BCUT2D eigenvalue weighted by Crippen LogP contribution is -2.55. The average Bonchev–Trinajstić information content (AvgIpc) is 2.75. The minimum atomic E-state index is -0.671.